The van der Waals surface area contributed by atoms with Crippen molar-refractivity contribution in [2.45, 2.75) is 39.5 Å². The minimum Gasteiger partial charge on any atom is -0.434 e. The van der Waals surface area contributed by atoms with Crippen molar-refractivity contribution in [2.75, 3.05) is 6.61 Å². The molecule has 0 saturated carbocycles. The van der Waals surface area contributed by atoms with Gasteiger partial charge in [0.1, 0.15) is 5.75 Å². The molecule has 0 bridgehead atoms. The van der Waals surface area contributed by atoms with Gasteiger partial charge in [-0.1, -0.05) is 51.3 Å². The van der Waals surface area contributed by atoms with Gasteiger partial charge in [0, 0.05) is 29.6 Å². The van der Waals surface area contributed by atoms with Crippen LogP contribution >= 0.6 is 0 Å². The molecule has 1 aromatic carbocycles. The van der Waals surface area contributed by atoms with Gasteiger partial charge in [0.15, 0.2) is 0 Å². The van der Waals surface area contributed by atoms with Gasteiger partial charge in [-0.3, -0.25) is 0 Å². The summed E-state index contributed by atoms with van der Waals surface area (Å²) in [4.78, 5) is 11.5. The largest absolute Gasteiger partial charge is 0.513 e. The van der Waals surface area contributed by atoms with E-state index in [9.17, 15) is 4.79 Å². The summed E-state index contributed by atoms with van der Waals surface area (Å²) in [5, 5.41) is 0. The third-order valence-corrected chi connectivity index (χ3v) is 2.92. The first-order valence-corrected chi connectivity index (χ1v) is 6.65. The first-order chi connectivity index (χ1) is 8.76. The van der Waals surface area contributed by atoms with E-state index in [0.29, 0.717) is 18.3 Å². The van der Waals surface area contributed by atoms with Crippen molar-refractivity contribution in [3.63, 3.8) is 0 Å². The van der Waals surface area contributed by atoms with Crippen molar-refractivity contribution < 1.29 is 14.3 Å². The van der Waals surface area contributed by atoms with Crippen molar-refractivity contribution >= 4 is 35.7 Å². The van der Waals surface area contributed by atoms with E-state index in [0.717, 1.165) is 12.8 Å². The fourth-order valence-electron chi connectivity index (χ4n) is 1.70. The number of ether oxygens (including phenoxy) is 2. The Kier molecular flexibility index (Phi) is 11.0. The number of hydrogen-bond donors (Lipinski definition) is 0. The molecule has 0 aliphatic carbocycles. The molecule has 0 amide bonds. The maximum absolute atomic E-state index is 11.5. The van der Waals surface area contributed by atoms with Crippen LogP contribution in [0.2, 0.25) is 0 Å². The zero-order valence-electron chi connectivity index (χ0n) is 12.2. The van der Waals surface area contributed by atoms with Crippen LogP contribution in [0.25, 0.3) is 0 Å². The number of rotatable bonds is 7. The van der Waals surface area contributed by atoms with E-state index < -0.39 is 6.16 Å². The maximum atomic E-state index is 11.5. The van der Waals surface area contributed by atoms with E-state index in [4.69, 9.17) is 9.47 Å². The quantitative estimate of drug-likeness (QED) is 0.427. The molecule has 3 nitrogen and oxygen atoms in total. The summed E-state index contributed by atoms with van der Waals surface area (Å²) in [7, 11) is 0. The van der Waals surface area contributed by atoms with Gasteiger partial charge in [-0.05, 0) is 24.5 Å². The fourth-order valence-corrected chi connectivity index (χ4v) is 1.70. The topological polar surface area (TPSA) is 35.5 Å². The van der Waals surface area contributed by atoms with E-state index in [-0.39, 0.29) is 29.6 Å². The molecule has 1 radical (unpaired) electrons. The van der Waals surface area contributed by atoms with E-state index in [1.807, 2.05) is 18.2 Å². The van der Waals surface area contributed by atoms with E-state index in [1.54, 1.807) is 12.1 Å². The summed E-state index contributed by atoms with van der Waals surface area (Å²) in [5.41, 5.74) is 0. The molecule has 0 heterocycles. The van der Waals surface area contributed by atoms with Crippen LogP contribution in [-0.4, -0.2) is 42.3 Å². The molecule has 0 fully saturated rings. The number of hydrogen-bond acceptors (Lipinski definition) is 3. The van der Waals surface area contributed by atoms with Gasteiger partial charge in [-0.2, -0.15) is 0 Å². The molecule has 0 aliphatic rings. The molecule has 0 aromatic heterocycles. The average molecular weight is 273 g/mol. The third-order valence-electron chi connectivity index (χ3n) is 2.92. The molecule has 0 N–H and O–H groups in total. The Labute approximate surface area is 138 Å². The van der Waals surface area contributed by atoms with Crippen LogP contribution in [0.5, 0.6) is 5.75 Å². The Morgan fingerprint density at radius 1 is 1.21 bits per heavy atom. The summed E-state index contributed by atoms with van der Waals surface area (Å²) < 4.78 is 10.2. The standard InChI is InChI=1S/C15H22O3.Na/c1-3-5-9-13(4-2)12-17-15(16)18-14-10-7-6-8-11-14;/h6-8,10-11,13H,3-5,9,12H2,1-2H3;. The van der Waals surface area contributed by atoms with Crippen molar-refractivity contribution in [1.82, 2.24) is 0 Å². The number of carbonyl (C=O) groups is 1. The van der Waals surface area contributed by atoms with Crippen molar-refractivity contribution in [2.24, 2.45) is 5.92 Å². The van der Waals surface area contributed by atoms with Crippen molar-refractivity contribution in [3.05, 3.63) is 30.3 Å². The van der Waals surface area contributed by atoms with Crippen LogP contribution in [0.15, 0.2) is 30.3 Å². The van der Waals surface area contributed by atoms with Crippen LogP contribution in [0, 0.1) is 5.92 Å². The summed E-state index contributed by atoms with van der Waals surface area (Å²) in [6.45, 7) is 4.73. The predicted octanol–water partition coefficient (Wildman–Crippen LogP) is 4.04. The van der Waals surface area contributed by atoms with E-state index in [1.165, 1.54) is 12.8 Å². The van der Waals surface area contributed by atoms with Crippen LogP contribution in [-0.2, 0) is 4.74 Å². The van der Waals surface area contributed by atoms with Crippen LogP contribution < -0.4 is 4.74 Å². The normalized spacial score (nSPS) is 11.3. The molecule has 0 aliphatic heterocycles. The Hall–Kier alpha value is -0.510. The molecule has 0 spiro atoms. The van der Waals surface area contributed by atoms with Gasteiger partial charge < -0.3 is 9.47 Å². The summed E-state index contributed by atoms with van der Waals surface area (Å²) in [5.74, 6) is 0.956. The SMILES string of the molecule is CCCCC(CC)COC(=O)Oc1ccccc1.[Na]. The smallest absolute Gasteiger partial charge is 0.434 e. The van der Waals surface area contributed by atoms with Gasteiger partial charge in [-0.15, -0.1) is 0 Å². The second-order valence-electron chi connectivity index (χ2n) is 4.39. The molecule has 19 heavy (non-hydrogen) atoms. The predicted molar refractivity (Wildman–Crippen MR) is 77.5 cm³/mol. The van der Waals surface area contributed by atoms with Gasteiger partial charge in [0.2, 0.25) is 0 Å². The zero-order valence-corrected chi connectivity index (χ0v) is 14.2. The minimum atomic E-state index is -0.615. The molecular weight excluding hydrogens is 251 g/mol. The Bertz CT molecular complexity index is 341. The molecule has 0 saturated heterocycles. The Morgan fingerprint density at radius 2 is 1.89 bits per heavy atom. The van der Waals surface area contributed by atoms with Gasteiger partial charge in [-0.25, -0.2) is 4.79 Å². The number of para-hydroxylation sites is 1. The van der Waals surface area contributed by atoms with Gasteiger partial charge in [0.25, 0.3) is 0 Å². The average Bonchev–Trinajstić information content (AvgIpc) is 2.40. The molecule has 101 valence electrons. The number of benzene rings is 1. The Morgan fingerprint density at radius 3 is 2.47 bits per heavy atom. The van der Waals surface area contributed by atoms with E-state index in [2.05, 4.69) is 13.8 Å². The van der Waals surface area contributed by atoms with Crippen LogP contribution in [0.3, 0.4) is 0 Å². The van der Waals surface area contributed by atoms with E-state index >= 15 is 0 Å². The monoisotopic (exact) mass is 273 g/mol. The first-order valence-electron chi connectivity index (χ1n) is 6.65. The summed E-state index contributed by atoms with van der Waals surface area (Å²) in [6.07, 6.45) is 3.86. The molecule has 1 atom stereocenters. The second kappa shape index (κ2) is 11.3. The van der Waals surface area contributed by atoms with Crippen molar-refractivity contribution in [1.29, 1.82) is 0 Å². The van der Waals surface area contributed by atoms with Gasteiger partial charge >= 0.3 is 6.16 Å². The number of carbonyl (C=O) groups excluding carboxylic acids is 1. The van der Waals surface area contributed by atoms with Gasteiger partial charge in [0.05, 0.1) is 6.61 Å². The molecule has 1 rings (SSSR count). The number of unbranched alkanes of at least 4 members (excludes halogenated alkanes) is 1. The Balaban J connectivity index is 0.00000324. The second-order valence-corrected chi connectivity index (χ2v) is 4.39. The summed E-state index contributed by atoms with van der Waals surface area (Å²) in [6, 6.07) is 8.97. The van der Waals surface area contributed by atoms with Crippen LogP contribution in [0.1, 0.15) is 39.5 Å². The molecular formula is C15H22NaO3. The fraction of sp³-hybridized carbons (Fsp3) is 0.533. The minimum absolute atomic E-state index is 0. The first kappa shape index (κ1) is 18.5. The molecule has 1 aromatic rings. The van der Waals surface area contributed by atoms with Crippen molar-refractivity contribution in [3.8, 4) is 5.75 Å². The molecule has 1 unspecified atom stereocenters. The third kappa shape index (κ3) is 8.30. The van der Waals surface area contributed by atoms with Crippen LogP contribution in [0.4, 0.5) is 4.79 Å². The zero-order chi connectivity index (χ0) is 13.2. The molecule has 4 heteroatoms. The maximum Gasteiger partial charge on any atom is 0.513 e. The summed E-state index contributed by atoms with van der Waals surface area (Å²) >= 11 is 0.